The second kappa shape index (κ2) is 16.4. The molecule has 4 aromatic carbocycles. The fraction of sp³-hybridized carbons (Fsp3) is 0.357. The highest BCUT2D eigenvalue weighted by Gasteiger charge is 2.38. The molecule has 3 aliphatic rings. The van der Waals surface area contributed by atoms with Gasteiger partial charge in [-0.25, -0.2) is 18.2 Å². The minimum atomic E-state index is -4.36. The summed E-state index contributed by atoms with van der Waals surface area (Å²) in [6.45, 7) is 1.41. The molecule has 0 radical (unpaired) electrons. The third kappa shape index (κ3) is 8.03. The monoisotopic (exact) mass is 841 g/mol. The van der Waals surface area contributed by atoms with Crippen LogP contribution >= 0.6 is 0 Å². The minimum absolute atomic E-state index is 0.0348. The number of ether oxygens (including phenoxy) is 2. The van der Waals surface area contributed by atoms with Crippen molar-refractivity contribution in [2.45, 2.75) is 44.2 Å². The van der Waals surface area contributed by atoms with Gasteiger partial charge in [0, 0.05) is 25.9 Å². The third-order valence-corrected chi connectivity index (χ3v) is 12.8. The van der Waals surface area contributed by atoms with Crippen molar-refractivity contribution in [3.63, 3.8) is 0 Å². The molecule has 0 spiro atoms. The molecule has 4 amide bonds. The Morgan fingerprint density at radius 1 is 0.917 bits per heavy atom. The number of benzene rings is 4. The van der Waals surface area contributed by atoms with Crippen molar-refractivity contribution in [3.8, 4) is 11.5 Å². The van der Waals surface area contributed by atoms with E-state index < -0.39 is 46.1 Å². The number of imide groups is 1. The molecule has 16 nitrogen and oxygen atoms in total. The number of likely N-dealkylation sites (N-methyl/N-ethyl adjacent to an activating group) is 1. The number of nitrogens with zero attached hydrogens (tertiary/aromatic N) is 5. The van der Waals surface area contributed by atoms with Gasteiger partial charge in [-0.3, -0.25) is 38.5 Å². The number of rotatable bonds is 12. The number of fused-ring (bicyclic) bond motifs is 2. The Morgan fingerprint density at radius 2 is 1.68 bits per heavy atom. The quantitative estimate of drug-likeness (QED) is 0.177. The van der Waals surface area contributed by atoms with Gasteiger partial charge in [-0.05, 0) is 85.1 Å². The molecule has 8 rings (SSSR count). The normalized spacial score (nSPS) is 18.5. The van der Waals surface area contributed by atoms with E-state index in [0.29, 0.717) is 39.6 Å². The van der Waals surface area contributed by atoms with E-state index in [-0.39, 0.29) is 73.7 Å². The zero-order valence-corrected chi connectivity index (χ0v) is 33.9. The highest BCUT2D eigenvalue weighted by Crippen LogP contribution is 2.41. The Labute approximate surface area is 344 Å². The SMILES string of the molecule is CN(CCOc1ccc2cc(OCc3ccccc3)c(N3CC(=O)NS3(=O)=O)c(F)c2c1)C(=O)CN1CCC(c2ccc3c(c2)n(C)c(=O)n3C2CCC(=O)NC2=O)CC1. The van der Waals surface area contributed by atoms with Gasteiger partial charge in [-0.15, -0.1) is 0 Å². The van der Waals surface area contributed by atoms with Gasteiger partial charge in [0.2, 0.25) is 17.7 Å². The number of nitrogens with one attached hydrogen (secondary N) is 2. The number of hydrogen-bond acceptors (Lipinski definition) is 10. The van der Waals surface area contributed by atoms with Gasteiger partial charge in [-0.1, -0.05) is 42.5 Å². The maximum absolute atomic E-state index is 16.4. The van der Waals surface area contributed by atoms with Crippen molar-refractivity contribution in [2.75, 3.05) is 50.7 Å². The van der Waals surface area contributed by atoms with Gasteiger partial charge in [0.15, 0.2) is 5.82 Å². The number of imidazole rings is 1. The number of carbonyl (C=O) groups is 4. The molecule has 0 bridgehead atoms. The van der Waals surface area contributed by atoms with Crippen LogP contribution in [-0.2, 0) is 43.0 Å². The number of anilines is 1. The Balaban J connectivity index is 0.871. The minimum Gasteiger partial charge on any atom is -0.492 e. The molecule has 4 heterocycles. The van der Waals surface area contributed by atoms with Gasteiger partial charge in [0.25, 0.3) is 5.91 Å². The predicted octanol–water partition coefficient (Wildman–Crippen LogP) is 3.09. The van der Waals surface area contributed by atoms with Crippen LogP contribution in [0.3, 0.4) is 0 Å². The van der Waals surface area contributed by atoms with Crippen LogP contribution in [0.4, 0.5) is 10.1 Å². The van der Waals surface area contributed by atoms with Crippen molar-refractivity contribution in [3.05, 3.63) is 100 Å². The summed E-state index contributed by atoms with van der Waals surface area (Å²) in [5.74, 6) is -2.11. The van der Waals surface area contributed by atoms with E-state index in [1.54, 1.807) is 31.1 Å². The van der Waals surface area contributed by atoms with Crippen molar-refractivity contribution in [1.82, 2.24) is 29.0 Å². The van der Waals surface area contributed by atoms with Crippen molar-refractivity contribution < 1.29 is 41.5 Å². The standard InChI is InChI=1S/C42H44FN7O9S/c1-46(38(53)24-48-16-14-27(15-17-48)28-9-11-32-34(20-28)47(2)42(55)50(32)33-12-13-36(51)44-41(33)54)18-19-58-30-10-8-29-21-35(59-25-26-6-4-3-5-7-26)40(39(43)31(29)22-30)49-23-37(52)45-60(49,56)57/h3-11,20-22,27,33H,12-19,23-25H2,1-2H3,(H,45,52)(H,44,51,54). The zero-order chi connectivity index (χ0) is 42.3. The first-order chi connectivity index (χ1) is 28.8. The molecule has 18 heteroatoms. The van der Waals surface area contributed by atoms with Gasteiger partial charge >= 0.3 is 15.9 Å². The molecule has 0 aliphatic carbocycles. The average Bonchev–Trinajstić information content (AvgIpc) is 3.65. The summed E-state index contributed by atoms with van der Waals surface area (Å²) in [4.78, 5) is 66.5. The van der Waals surface area contributed by atoms with Gasteiger partial charge < -0.3 is 14.4 Å². The molecular weight excluding hydrogens is 798 g/mol. The number of likely N-dealkylation sites (tertiary alicyclic amines) is 1. The van der Waals surface area contributed by atoms with Crippen LogP contribution in [0.5, 0.6) is 11.5 Å². The largest absolute Gasteiger partial charge is 0.492 e. The molecule has 314 valence electrons. The van der Waals surface area contributed by atoms with Gasteiger partial charge in [0.1, 0.15) is 43.0 Å². The third-order valence-electron chi connectivity index (χ3n) is 11.5. The average molecular weight is 842 g/mol. The second-order valence-electron chi connectivity index (χ2n) is 15.4. The first-order valence-electron chi connectivity index (χ1n) is 19.7. The maximum atomic E-state index is 16.4. The van der Waals surface area contributed by atoms with Crippen LogP contribution in [0.1, 0.15) is 48.8 Å². The number of amides is 4. The highest BCUT2D eigenvalue weighted by atomic mass is 32.2. The summed E-state index contributed by atoms with van der Waals surface area (Å²) in [7, 11) is -0.990. The van der Waals surface area contributed by atoms with E-state index in [9.17, 15) is 32.4 Å². The molecule has 3 saturated heterocycles. The molecule has 3 aliphatic heterocycles. The van der Waals surface area contributed by atoms with Crippen molar-refractivity contribution in [1.29, 1.82) is 0 Å². The Hall–Kier alpha value is -6.27. The predicted molar refractivity (Wildman–Crippen MR) is 219 cm³/mol. The van der Waals surface area contributed by atoms with Gasteiger partial charge in [0.05, 0.1) is 24.1 Å². The number of carbonyl (C=O) groups excluding carboxylic acids is 4. The van der Waals surface area contributed by atoms with Gasteiger partial charge in [-0.2, -0.15) is 8.42 Å². The fourth-order valence-electron chi connectivity index (χ4n) is 8.14. The lowest BCUT2D eigenvalue weighted by molar-refractivity contribution is -0.136. The van der Waals surface area contributed by atoms with E-state index in [2.05, 4.69) is 10.2 Å². The van der Waals surface area contributed by atoms with E-state index >= 15 is 4.39 Å². The first-order valence-corrected chi connectivity index (χ1v) is 21.1. The Morgan fingerprint density at radius 3 is 2.40 bits per heavy atom. The molecule has 60 heavy (non-hydrogen) atoms. The number of hydrogen-bond donors (Lipinski definition) is 2. The summed E-state index contributed by atoms with van der Waals surface area (Å²) in [6.07, 6.45) is 2.06. The van der Waals surface area contributed by atoms with E-state index in [4.69, 9.17) is 9.47 Å². The highest BCUT2D eigenvalue weighted by molar-refractivity contribution is 7.92. The summed E-state index contributed by atoms with van der Waals surface area (Å²) in [5.41, 5.74) is 2.51. The molecule has 1 aromatic heterocycles. The molecule has 1 unspecified atom stereocenters. The number of piperidine rings is 2. The molecular formula is C42H44FN7O9S. The smallest absolute Gasteiger partial charge is 0.329 e. The van der Waals surface area contributed by atoms with Crippen molar-refractivity contribution in [2.24, 2.45) is 7.05 Å². The molecule has 5 aromatic rings. The van der Waals surface area contributed by atoms with Crippen LogP contribution in [0.2, 0.25) is 0 Å². The number of aryl methyl sites for hydroxylation is 1. The molecule has 1 atom stereocenters. The summed E-state index contributed by atoms with van der Waals surface area (Å²) >= 11 is 0. The van der Waals surface area contributed by atoms with E-state index in [1.165, 1.54) is 21.3 Å². The molecule has 2 N–H and O–H groups in total. The number of halogens is 1. The lowest BCUT2D eigenvalue weighted by atomic mass is 9.89. The first kappa shape index (κ1) is 40.5. The van der Waals surface area contributed by atoms with Crippen LogP contribution in [-0.4, -0.2) is 97.4 Å². The van der Waals surface area contributed by atoms with Crippen LogP contribution in [0.25, 0.3) is 21.8 Å². The van der Waals surface area contributed by atoms with E-state index in [1.807, 2.05) is 53.3 Å². The Bertz CT molecular complexity index is 2690. The summed E-state index contributed by atoms with van der Waals surface area (Å²) in [6, 6.07) is 20.5. The number of aromatic nitrogens is 2. The second-order valence-corrected chi connectivity index (χ2v) is 17.0. The summed E-state index contributed by atoms with van der Waals surface area (Å²) in [5, 5.41) is 2.82. The van der Waals surface area contributed by atoms with Crippen LogP contribution < -0.4 is 29.5 Å². The lowest BCUT2D eigenvalue weighted by Crippen LogP contribution is -2.44. The fourth-order valence-corrected chi connectivity index (χ4v) is 9.30. The summed E-state index contributed by atoms with van der Waals surface area (Å²) < 4.78 is 59.4. The zero-order valence-electron chi connectivity index (χ0n) is 33.1. The lowest BCUT2D eigenvalue weighted by Gasteiger charge is -2.32. The van der Waals surface area contributed by atoms with Crippen LogP contribution in [0, 0.1) is 5.82 Å². The molecule has 0 saturated carbocycles. The maximum Gasteiger partial charge on any atom is 0.329 e. The topological polar surface area (TPSA) is 182 Å². The van der Waals surface area contributed by atoms with Crippen LogP contribution in [0.15, 0.2) is 77.6 Å². The van der Waals surface area contributed by atoms with Crippen molar-refractivity contribution >= 4 is 61.3 Å². The van der Waals surface area contributed by atoms with E-state index in [0.717, 1.165) is 24.0 Å². The molecule has 3 fully saturated rings. The Kier molecular flexibility index (Phi) is 11.1.